The zero-order valence-corrected chi connectivity index (χ0v) is 14.5. The van der Waals surface area contributed by atoms with Gasteiger partial charge in [-0.05, 0) is 41.0 Å². The quantitative estimate of drug-likeness (QED) is 0.572. The lowest BCUT2D eigenvalue weighted by molar-refractivity contribution is 0.612. The van der Waals surface area contributed by atoms with Crippen LogP contribution in [-0.2, 0) is 6.54 Å². The molecule has 2 aromatic carbocycles. The number of hydrogen-bond donors (Lipinski definition) is 2. The fraction of sp³-hybridized carbons (Fsp3) is 0.100. The summed E-state index contributed by atoms with van der Waals surface area (Å²) in [5.74, 6) is 0. The fourth-order valence-corrected chi connectivity index (χ4v) is 3.12. The number of fused-ring (bicyclic) bond motifs is 1. The van der Waals surface area contributed by atoms with Crippen LogP contribution in [0.5, 0.6) is 0 Å². The molecule has 0 atom stereocenters. The van der Waals surface area contributed by atoms with Crippen molar-refractivity contribution in [2.45, 2.75) is 6.54 Å². The number of aromatic nitrogens is 4. The van der Waals surface area contributed by atoms with Crippen LogP contribution in [0.25, 0.3) is 27.7 Å². The van der Waals surface area contributed by atoms with Gasteiger partial charge in [-0.15, -0.1) is 0 Å². The molecule has 0 amide bonds. The highest BCUT2D eigenvalue weighted by Gasteiger charge is 2.10. The summed E-state index contributed by atoms with van der Waals surface area (Å²) < 4.78 is 15.4. The van der Waals surface area contributed by atoms with E-state index in [-0.39, 0.29) is 18.8 Å². The zero-order chi connectivity index (χ0) is 18.8. The Morgan fingerprint density at radius 1 is 1.22 bits per heavy atom. The molecule has 0 fully saturated rings. The maximum atomic E-state index is 12.8. The van der Waals surface area contributed by atoms with Gasteiger partial charge in [0.25, 0.3) is 0 Å². The van der Waals surface area contributed by atoms with Crippen LogP contribution in [0.1, 0.15) is 0 Å². The highest BCUT2D eigenvalue weighted by atomic mass is 19.1. The van der Waals surface area contributed by atoms with E-state index in [2.05, 4.69) is 10.1 Å². The number of hydrogen-bond acceptors (Lipinski definition) is 3. The van der Waals surface area contributed by atoms with Gasteiger partial charge < -0.3 is 10.7 Å². The van der Waals surface area contributed by atoms with Crippen LogP contribution in [0.2, 0.25) is 0 Å². The van der Waals surface area contributed by atoms with Crippen LogP contribution < -0.4 is 11.4 Å². The second-order valence-electron chi connectivity index (χ2n) is 6.21. The van der Waals surface area contributed by atoms with E-state index in [9.17, 15) is 9.18 Å². The van der Waals surface area contributed by atoms with E-state index in [1.165, 1.54) is 15.6 Å². The van der Waals surface area contributed by atoms with Gasteiger partial charge in [0.2, 0.25) is 0 Å². The Morgan fingerprint density at radius 3 is 2.89 bits per heavy atom. The number of nitrogens with zero attached hydrogens (tertiary/aromatic N) is 3. The topological polar surface area (TPSA) is 81.6 Å². The number of nitrogens with one attached hydrogen (secondary N) is 1. The molecule has 2 heterocycles. The molecule has 0 saturated carbocycles. The summed E-state index contributed by atoms with van der Waals surface area (Å²) in [5.41, 5.74) is 9.21. The van der Waals surface area contributed by atoms with Gasteiger partial charge in [0, 0.05) is 23.6 Å². The third kappa shape index (κ3) is 3.09. The lowest BCUT2D eigenvalue weighted by Crippen LogP contribution is -2.25. The van der Waals surface area contributed by atoms with E-state index in [1.54, 1.807) is 0 Å². The molecule has 0 aliphatic rings. The van der Waals surface area contributed by atoms with Crippen molar-refractivity contribution in [1.29, 1.82) is 0 Å². The number of benzene rings is 2. The van der Waals surface area contributed by atoms with Crippen molar-refractivity contribution in [1.82, 2.24) is 19.3 Å². The minimum atomic E-state index is -0.347. The summed E-state index contributed by atoms with van der Waals surface area (Å²) in [7, 11) is 0. The van der Waals surface area contributed by atoms with Gasteiger partial charge in [-0.25, -0.2) is 18.4 Å². The van der Waals surface area contributed by atoms with Crippen LogP contribution in [0.15, 0.2) is 77.8 Å². The Morgan fingerprint density at radius 2 is 2.07 bits per heavy atom. The first-order chi connectivity index (χ1) is 13.2. The van der Waals surface area contributed by atoms with Gasteiger partial charge in [-0.1, -0.05) is 24.3 Å². The number of H-pyrrole nitrogens is 1. The predicted octanol–water partition coefficient (Wildman–Crippen LogP) is 2.99. The Balaban J connectivity index is 1.75. The van der Waals surface area contributed by atoms with Crippen molar-refractivity contribution >= 4 is 10.9 Å². The summed E-state index contributed by atoms with van der Waals surface area (Å²) in [6.45, 7) is 0.0626. The van der Waals surface area contributed by atoms with Crippen LogP contribution in [0.4, 0.5) is 4.39 Å². The smallest absolute Gasteiger partial charge is 0.350 e. The third-order valence-electron chi connectivity index (χ3n) is 4.53. The summed E-state index contributed by atoms with van der Waals surface area (Å²) in [6.07, 6.45) is 3.76. The van der Waals surface area contributed by atoms with Crippen LogP contribution in [-0.4, -0.2) is 25.9 Å². The average Bonchev–Trinajstić information content (AvgIpc) is 3.32. The van der Waals surface area contributed by atoms with Crippen LogP contribution in [0.3, 0.4) is 0 Å². The highest BCUT2D eigenvalue weighted by molar-refractivity contribution is 5.95. The molecule has 0 aliphatic heterocycles. The predicted molar refractivity (Wildman–Crippen MR) is 103 cm³/mol. The van der Waals surface area contributed by atoms with Crippen molar-refractivity contribution in [3.63, 3.8) is 0 Å². The van der Waals surface area contributed by atoms with Crippen LogP contribution in [0, 0.1) is 0 Å². The van der Waals surface area contributed by atoms with Gasteiger partial charge in [0.15, 0.2) is 0 Å². The molecule has 3 N–H and O–H groups in total. The summed E-state index contributed by atoms with van der Waals surface area (Å²) in [4.78, 5) is 15.8. The minimum absolute atomic E-state index is 0.0289. The van der Waals surface area contributed by atoms with E-state index in [0.29, 0.717) is 17.6 Å². The second-order valence-corrected chi connectivity index (χ2v) is 6.21. The summed E-state index contributed by atoms with van der Waals surface area (Å²) in [5, 5.41) is 5.18. The Labute approximate surface area is 154 Å². The molecule has 2 aromatic heterocycles. The Bertz CT molecular complexity index is 1180. The lowest BCUT2D eigenvalue weighted by atomic mass is 10.0. The first-order valence-electron chi connectivity index (χ1n) is 8.51. The number of halogens is 1. The van der Waals surface area contributed by atoms with E-state index < -0.39 is 0 Å². The Hall–Kier alpha value is -3.45. The van der Waals surface area contributed by atoms with E-state index in [1.807, 2.05) is 54.7 Å². The van der Waals surface area contributed by atoms with E-state index in [0.717, 1.165) is 22.0 Å². The van der Waals surface area contributed by atoms with E-state index >= 15 is 0 Å². The van der Waals surface area contributed by atoms with Crippen molar-refractivity contribution < 1.29 is 4.39 Å². The minimum Gasteiger partial charge on any atom is -0.361 e. The molecule has 0 aliphatic carbocycles. The van der Waals surface area contributed by atoms with Gasteiger partial charge >= 0.3 is 5.69 Å². The van der Waals surface area contributed by atoms with Gasteiger partial charge in [-0.2, -0.15) is 5.10 Å². The van der Waals surface area contributed by atoms with Crippen molar-refractivity contribution in [2.24, 2.45) is 5.73 Å². The largest absolute Gasteiger partial charge is 0.361 e. The number of aromatic amines is 1. The summed E-state index contributed by atoms with van der Waals surface area (Å²) in [6, 6.07) is 15.7. The molecule has 6 nitrogen and oxygen atoms in total. The molecule has 27 heavy (non-hydrogen) atoms. The first kappa shape index (κ1) is 17.0. The maximum Gasteiger partial charge on any atom is 0.350 e. The van der Waals surface area contributed by atoms with Gasteiger partial charge in [-0.3, -0.25) is 0 Å². The second kappa shape index (κ2) is 7.05. The average molecular weight is 363 g/mol. The maximum absolute atomic E-state index is 12.8. The standard InChI is InChI=1S/C20H18FN5O/c21-10-14(11-22)12-26-20(27)25(13-24-26)16-4-1-3-15(9-16)17-5-2-6-19-18(17)7-8-23-19/h1-10,13,23H,11-12,22H2/b14-10+. The Kier molecular flexibility index (Phi) is 4.43. The monoisotopic (exact) mass is 363 g/mol. The molecular formula is C20H18FN5O. The third-order valence-corrected chi connectivity index (χ3v) is 4.53. The molecule has 4 aromatic rings. The summed E-state index contributed by atoms with van der Waals surface area (Å²) >= 11 is 0. The highest BCUT2D eigenvalue weighted by Crippen LogP contribution is 2.29. The first-order valence-corrected chi connectivity index (χ1v) is 8.51. The molecule has 136 valence electrons. The van der Waals surface area contributed by atoms with Crippen molar-refractivity contribution in [3.05, 3.63) is 83.4 Å². The van der Waals surface area contributed by atoms with Crippen molar-refractivity contribution in [3.8, 4) is 16.8 Å². The molecule has 0 radical (unpaired) electrons. The van der Waals surface area contributed by atoms with Crippen molar-refractivity contribution in [2.75, 3.05) is 6.54 Å². The molecular weight excluding hydrogens is 345 g/mol. The molecule has 0 bridgehead atoms. The van der Waals surface area contributed by atoms with E-state index in [4.69, 9.17) is 5.73 Å². The molecule has 4 rings (SSSR count). The number of nitrogens with two attached hydrogens (primary N) is 1. The molecule has 0 saturated heterocycles. The van der Waals surface area contributed by atoms with Gasteiger partial charge in [0.05, 0.1) is 18.6 Å². The fourth-order valence-electron chi connectivity index (χ4n) is 3.12. The number of rotatable bonds is 5. The SMILES string of the molecule is NC/C(=C\F)Cn1ncn(-c2cccc(-c3cccc4[nH]ccc34)c2)c1=O. The lowest BCUT2D eigenvalue weighted by Gasteiger charge is -2.07. The zero-order valence-electron chi connectivity index (χ0n) is 14.5. The van der Waals surface area contributed by atoms with Gasteiger partial charge in [0.1, 0.15) is 6.33 Å². The van der Waals surface area contributed by atoms with Crippen LogP contribution >= 0.6 is 0 Å². The molecule has 7 heteroatoms. The normalized spacial score (nSPS) is 12.0. The molecule has 0 unspecified atom stereocenters. The molecule has 0 spiro atoms.